The van der Waals surface area contributed by atoms with Crippen LogP contribution < -0.4 is 4.90 Å². The van der Waals surface area contributed by atoms with Gasteiger partial charge in [-0.2, -0.15) is 0 Å². The molecule has 1 aliphatic rings. The van der Waals surface area contributed by atoms with E-state index in [0.717, 1.165) is 0 Å². The van der Waals surface area contributed by atoms with Crippen LogP contribution in [0.1, 0.15) is 43.6 Å². The second kappa shape index (κ2) is 5.96. The maximum absolute atomic E-state index is 8.86. The van der Waals surface area contributed by atoms with Crippen LogP contribution in [-0.4, -0.2) is 35.3 Å². The number of rotatable bonds is 4. The molecule has 0 spiro atoms. The molecule has 0 amide bonds. The number of likely N-dealkylation sites (N-methyl/N-ethyl adjacent to an activating group) is 1. The third kappa shape index (κ3) is 3.16. The molecule has 2 rings (SSSR count). The lowest BCUT2D eigenvalue weighted by molar-refractivity contribution is 0.303. The molecule has 4 heteroatoms. The zero-order valence-electron chi connectivity index (χ0n) is 10.5. The van der Waals surface area contributed by atoms with Crippen LogP contribution >= 0.6 is 0 Å². The van der Waals surface area contributed by atoms with Crippen molar-refractivity contribution in [2.24, 2.45) is 0 Å². The van der Waals surface area contributed by atoms with Gasteiger partial charge in [-0.25, -0.2) is 9.97 Å². The van der Waals surface area contributed by atoms with E-state index < -0.39 is 0 Å². The maximum Gasteiger partial charge on any atom is 0.225 e. The lowest BCUT2D eigenvalue weighted by atomic mass is 9.85. The van der Waals surface area contributed by atoms with Crippen LogP contribution in [0.2, 0.25) is 0 Å². The van der Waals surface area contributed by atoms with Gasteiger partial charge in [0.15, 0.2) is 0 Å². The minimum Gasteiger partial charge on any atom is -0.395 e. The Kier molecular flexibility index (Phi) is 4.31. The molecule has 0 aliphatic heterocycles. The zero-order chi connectivity index (χ0) is 12.1. The minimum atomic E-state index is 0.129. The fourth-order valence-electron chi connectivity index (χ4n) is 2.43. The monoisotopic (exact) mass is 235 g/mol. The van der Waals surface area contributed by atoms with E-state index in [0.29, 0.717) is 18.4 Å². The number of anilines is 1. The van der Waals surface area contributed by atoms with Gasteiger partial charge in [-0.1, -0.05) is 19.3 Å². The van der Waals surface area contributed by atoms with Crippen molar-refractivity contribution in [2.45, 2.75) is 38.0 Å². The third-order valence-corrected chi connectivity index (χ3v) is 3.51. The zero-order valence-corrected chi connectivity index (χ0v) is 10.5. The Hall–Kier alpha value is -1.16. The van der Waals surface area contributed by atoms with Gasteiger partial charge in [0.05, 0.1) is 6.61 Å². The van der Waals surface area contributed by atoms with E-state index in [1.165, 1.54) is 37.7 Å². The Morgan fingerprint density at radius 3 is 2.47 bits per heavy atom. The Morgan fingerprint density at radius 2 is 1.88 bits per heavy atom. The molecular weight excluding hydrogens is 214 g/mol. The summed E-state index contributed by atoms with van der Waals surface area (Å²) < 4.78 is 0. The predicted octanol–water partition coefficient (Wildman–Crippen LogP) is 1.95. The Bertz CT molecular complexity index is 333. The SMILES string of the molecule is CN(CCO)c1ncc(C2CCCCC2)cn1. The van der Waals surface area contributed by atoms with E-state index in [-0.39, 0.29) is 6.61 Å². The van der Waals surface area contributed by atoms with E-state index in [9.17, 15) is 0 Å². The number of aliphatic hydroxyl groups is 1. The van der Waals surface area contributed by atoms with Gasteiger partial charge in [-0.05, 0) is 24.3 Å². The van der Waals surface area contributed by atoms with Gasteiger partial charge in [0.25, 0.3) is 0 Å². The fourth-order valence-corrected chi connectivity index (χ4v) is 2.43. The molecular formula is C13H21N3O. The van der Waals surface area contributed by atoms with Crippen LogP contribution in [0.5, 0.6) is 0 Å². The largest absolute Gasteiger partial charge is 0.395 e. The van der Waals surface area contributed by atoms with E-state index in [2.05, 4.69) is 9.97 Å². The molecule has 17 heavy (non-hydrogen) atoms. The van der Waals surface area contributed by atoms with Crippen molar-refractivity contribution >= 4 is 5.95 Å². The molecule has 0 saturated heterocycles. The van der Waals surface area contributed by atoms with Crippen molar-refractivity contribution in [1.29, 1.82) is 0 Å². The fraction of sp³-hybridized carbons (Fsp3) is 0.692. The average molecular weight is 235 g/mol. The number of aliphatic hydroxyl groups excluding tert-OH is 1. The molecule has 1 heterocycles. The first-order chi connectivity index (χ1) is 8.31. The molecule has 1 N–H and O–H groups in total. The van der Waals surface area contributed by atoms with E-state index in [4.69, 9.17) is 5.11 Å². The van der Waals surface area contributed by atoms with Crippen molar-refractivity contribution in [3.8, 4) is 0 Å². The Labute approximate surface area is 103 Å². The normalized spacial score (nSPS) is 17.1. The summed E-state index contributed by atoms with van der Waals surface area (Å²) in [7, 11) is 1.89. The minimum absolute atomic E-state index is 0.129. The Balaban J connectivity index is 2.01. The highest BCUT2D eigenvalue weighted by atomic mass is 16.3. The molecule has 1 saturated carbocycles. The van der Waals surface area contributed by atoms with E-state index in [1.807, 2.05) is 24.3 Å². The summed E-state index contributed by atoms with van der Waals surface area (Å²) >= 11 is 0. The van der Waals surface area contributed by atoms with Gasteiger partial charge in [-0.15, -0.1) is 0 Å². The van der Waals surface area contributed by atoms with Gasteiger partial charge in [0, 0.05) is 26.0 Å². The summed E-state index contributed by atoms with van der Waals surface area (Å²) in [4.78, 5) is 10.6. The van der Waals surface area contributed by atoms with E-state index in [1.54, 1.807) is 0 Å². The summed E-state index contributed by atoms with van der Waals surface area (Å²) in [5, 5.41) is 8.86. The van der Waals surface area contributed by atoms with Crippen molar-refractivity contribution in [1.82, 2.24) is 9.97 Å². The summed E-state index contributed by atoms with van der Waals surface area (Å²) in [6.45, 7) is 0.701. The average Bonchev–Trinajstić information content (AvgIpc) is 2.40. The third-order valence-electron chi connectivity index (χ3n) is 3.51. The first-order valence-corrected chi connectivity index (χ1v) is 6.45. The van der Waals surface area contributed by atoms with Gasteiger partial charge in [-0.3, -0.25) is 0 Å². The standard InChI is InChI=1S/C13H21N3O/c1-16(7-8-17)13-14-9-12(10-15-13)11-5-3-2-4-6-11/h9-11,17H,2-8H2,1H3. The molecule has 0 bridgehead atoms. The second-order valence-corrected chi connectivity index (χ2v) is 4.80. The highest BCUT2D eigenvalue weighted by Gasteiger charge is 2.16. The first-order valence-electron chi connectivity index (χ1n) is 6.45. The van der Waals surface area contributed by atoms with Crippen LogP contribution in [-0.2, 0) is 0 Å². The molecule has 1 aromatic rings. The van der Waals surface area contributed by atoms with Crippen LogP contribution in [0.15, 0.2) is 12.4 Å². The summed E-state index contributed by atoms with van der Waals surface area (Å²) in [6, 6.07) is 0. The maximum atomic E-state index is 8.86. The van der Waals surface area contributed by atoms with Crippen LogP contribution in [0.25, 0.3) is 0 Å². The number of nitrogens with zero attached hydrogens (tertiary/aromatic N) is 3. The van der Waals surface area contributed by atoms with Crippen molar-refractivity contribution in [3.05, 3.63) is 18.0 Å². The van der Waals surface area contributed by atoms with Crippen LogP contribution in [0.4, 0.5) is 5.95 Å². The van der Waals surface area contributed by atoms with Gasteiger partial charge in [0.1, 0.15) is 0 Å². The smallest absolute Gasteiger partial charge is 0.225 e. The topological polar surface area (TPSA) is 49.2 Å². The van der Waals surface area contributed by atoms with Crippen LogP contribution in [0, 0.1) is 0 Å². The van der Waals surface area contributed by atoms with Crippen LogP contribution in [0.3, 0.4) is 0 Å². The number of aromatic nitrogens is 2. The molecule has 0 radical (unpaired) electrons. The second-order valence-electron chi connectivity index (χ2n) is 4.80. The molecule has 4 nitrogen and oxygen atoms in total. The quantitative estimate of drug-likeness (QED) is 0.866. The number of hydrogen-bond acceptors (Lipinski definition) is 4. The van der Waals surface area contributed by atoms with Crippen molar-refractivity contribution in [2.75, 3.05) is 25.1 Å². The van der Waals surface area contributed by atoms with Gasteiger partial charge in [0.2, 0.25) is 5.95 Å². The molecule has 0 unspecified atom stereocenters. The highest BCUT2D eigenvalue weighted by molar-refractivity contribution is 5.29. The summed E-state index contributed by atoms with van der Waals surface area (Å²) in [6.07, 6.45) is 10.5. The molecule has 94 valence electrons. The molecule has 1 fully saturated rings. The molecule has 1 aliphatic carbocycles. The Morgan fingerprint density at radius 1 is 1.24 bits per heavy atom. The highest BCUT2D eigenvalue weighted by Crippen LogP contribution is 2.31. The molecule has 0 aromatic carbocycles. The van der Waals surface area contributed by atoms with E-state index >= 15 is 0 Å². The van der Waals surface area contributed by atoms with Gasteiger partial charge >= 0.3 is 0 Å². The molecule has 0 atom stereocenters. The first kappa shape index (κ1) is 12.3. The van der Waals surface area contributed by atoms with Crippen molar-refractivity contribution < 1.29 is 5.11 Å². The summed E-state index contributed by atoms with van der Waals surface area (Å²) in [5.41, 5.74) is 1.27. The predicted molar refractivity (Wildman–Crippen MR) is 68.2 cm³/mol. The lowest BCUT2D eigenvalue weighted by Crippen LogP contribution is -2.23. The lowest BCUT2D eigenvalue weighted by Gasteiger charge is -2.22. The molecule has 1 aromatic heterocycles. The summed E-state index contributed by atoms with van der Waals surface area (Å²) in [5.74, 6) is 1.35. The van der Waals surface area contributed by atoms with Gasteiger partial charge < -0.3 is 10.0 Å². The van der Waals surface area contributed by atoms with Crippen molar-refractivity contribution in [3.63, 3.8) is 0 Å². The number of hydrogen-bond donors (Lipinski definition) is 1.